The largest absolute Gasteiger partial charge is 0.468 e. The molecule has 0 aliphatic carbocycles. The van der Waals surface area contributed by atoms with Crippen molar-refractivity contribution in [3.63, 3.8) is 0 Å². The molecule has 172 valence electrons. The van der Waals surface area contributed by atoms with E-state index in [4.69, 9.17) is 28.6 Å². The number of rotatable bonds is 5. The van der Waals surface area contributed by atoms with Crippen molar-refractivity contribution in [3.8, 4) is 0 Å². The molecule has 0 N–H and O–H groups in total. The monoisotopic (exact) mass is 556 g/mol. The van der Waals surface area contributed by atoms with Gasteiger partial charge in [0.2, 0.25) is 0 Å². The number of anilines is 1. The van der Waals surface area contributed by atoms with E-state index in [9.17, 15) is 14.4 Å². The van der Waals surface area contributed by atoms with Crippen molar-refractivity contribution in [2.45, 2.75) is 6.92 Å². The number of thiocarbonyl (C=S) groups is 1. The van der Waals surface area contributed by atoms with E-state index >= 15 is 0 Å². The first-order valence-corrected chi connectivity index (χ1v) is 11.8. The topological polar surface area (TPSA) is 66.9 Å². The zero-order valence-corrected chi connectivity index (χ0v) is 21.1. The molecule has 0 fully saturated rings. The average Bonchev–Trinajstić information content (AvgIpc) is 3.07. The van der Waals surface area contributed by atoms with Crippen LogP contribution in [0.15, 0.2) is 71.2 Å². The van der Waals surface area contributed by atoms with Gasteiger partial charge in [-0.25, -0.2) is 4.90 Å². The van der Waals surface area contributed by atoms with Crippen molar-refractivity contribution in [1.82, 2.24) is 4.90 Å². The number of benzene rings is 3. The predicted molar refractivity (Wildman–Crippen MR) is 137 cm³/mol. The first kappa shape index (κ1) is 24.1. The minimum atomic E-state index is -0.386. The Labute approximate surface area is 215 Å². The zero-order chi connectivity index (χ0) is 24.4. The number of fused-ring (bicyclic) bond motifs is 1. The Hall–Kier alpha value is -3.07. The summed E-state index contributed by atoms with van der Waals surface area (Å²) in [4.78, 5) is 40.9. The molecule has 0 saturated carbocycles. The third-order valence-electron chi connectivity index (χ3n) is 5.29. The SMILES string of the molecule is Cc1cc(C(=O)N(C(=S)OCCN2C(=O)c3ccccc3C2=O)c2ccc(Cl)cc2)ccc1Br. The third kappa shape index (κ3) is 4.75. The summed E-state index contributed by atoms with van der Waals surface area (Å²) in [6.07, 6.45) is 0. The molecule has 0 unspecified atom stereocenters. The molecule has 0 aromatic heterocycles. The molecular weight excluding hydrogens is 540 g/mol. The van der Waals surface area contributed by atoms with E-state index in [1.54, 1.807) is 66.7 Å². The van der Waals surface area contributed by atoms with E-state index in [1.807, 2.05) is 6.92 Å². The Bertz CT molecular complexity index is 1280. The Morgan fingerprint density at radius 3 is 2.24 bits per heavy atom. The molecule has 34 heavy (non-hydrogen) atoms. The predicted octanol–water partition coefficient (Wildman–Crippen LogP) is 5.66. The second kappa shape index (κ2) is 10.0. The van der Waals surface area contributed by atoms with Gasteiger partial charge in [-0.1, -0.05) is 39.7 Å². The van der Waals surface area contributed by atoms with Gasteiger partial charge in [0.05, 0.1) is 23.4 Å². The highest BCUT2D eigenvalue weighted by atomic mass is 79.9. The van der Waals surface area contributed by atoms with Gasteiger partial charge < -0.3 is 4.74 Å². The molecule has 3 aromatic rings. The number of carbonyl (C=O) groups excluding carboxylic acids is 3. The number of amides is 3. The lowest BCUT2D eigenvalue weighted by Gasteiger charge is -2.24. The maximum Gasteiger partial charge on any atom is 0.271 e. The third-order valence-corrected chi connectivity index (χ3v) is 6.74. The van der Waals surface area contributed by atoms with Crippen LogP contribution in [0.1, 0.15) is 36.6 Å². The van der Waals surface area contributed by atoms with Crippen molar-refractivity contribution in [1.29, 1.82) is 0 Å². The van der Waals surface area contributed by atoms with Gasteiger partial charge in [0.1, 0.15) is 6.61 Å². The quantitative estimate of drug-likeness (QED) is 0.299. The van der Waals surface area contributed by atoms with Crippen LogP contribution in [-0.2, 0) is 4.74 Å². The minimum Gasteiger partial charge on any atom is -0.468 e. The normalized spacial score (nSPS) is 12.5. The van der Waals surface area contributed by atoms with Gasteiger partial charge in [-0.15, -0.1) is 0 Å². The molecule has 0 spiro atoms. The van der Waals surface area contributed by atoms with E-state index in [0.717, 1.165) is 14.9 Å². The highest BCUT2D eigenvalue weighted by Gasteiger charge is 2.35. The summed E-state index contributed by atoms with van der Waals surface area (Å²) in [6.45, 7) is 1.80. The molecule has 3 aromatic carbocycles. The van der Waals surface area contributed by atoms with Crippen LogP contribution in [0, 0.1) is 6.92 Å². The van der Waals surface area contributed by atoms with Gasteiger partial charge in [-0.3, -0.25) is 19.3 Å². The fraction of sp³-hybridized carbons (Fsp3) is 0.120. The van der Waals surface area contributed by atoms with Crippen LogP contribution in [-0.4, -0.2) is 40.9 Å². The molecule has 0 radical (unpaired) electrons. The van der Waals surface area contributed by atoms with Crippen molar-refractivity contribution in [2.24, 2.45) is 0 Å². The number of carbonyl (C=O) groups is 3. The maximum atomic E-state index is 13.4. The fourth-order valence-electron chi connectivity index (χ4n) is 3.53. The summed E-state index contributed by atoms with van der Waals surface area (Å²) in [5.74, 6) is -1.15. The first-order chi connectivity index (χ1) is 16.3. The molecule has 0 atom stereocenters. The van der Waals surface area contributed by atoms with Gasteiger partial charge in [0, 0.05) is 15.1 Å². The molecule has 1 aliphatic heterocycles. The highest BCUT2D eigenvalue weighted by Crippen LogP contribution is 2.25. The minimum absolute atomic E-state index is 0.00741. The molecule has 0 saturated heterocycles. The van der Waals surface area contributed by atoms with Crippen LogP contribution in [0.25, 0.3) is 0 Å². The van der Waals surface area contributed by atoms with E-state index < -0.39 is 0 Å². The van der Waals surface area contributed by atoms with Gasteiger partial charge >= 0.3 is 0 Å². The Balaban J connectivity index is 1.51. The number of nitrogens with zero attached hydrogens (tertiary/aromatic N) is 2. The second-order valence-corrected chi connectivity index (χ2v) is 9.14. The van der Waals surface area contributed by atoms with Gasteiger partial charge in [0.15, 0.2) is 0 Å². The Morgan fingerprint density at radius 2 is 1.65 bits per heavy atom. The van der Waals surface area contributed by atoms with Crippen LogP contribution >= 0.6 is 39.7 Å². The molecule has 1 aliphatic rings. The van der Waals surface area contributed by atoms with Crippen LogP contribution in [0.2, 0.25) is 5.02 Å². The Kier molecular flexibility index (Phi) is 7.11. The zero-order valence-electron chi connectivity index (χ0n) is 18.0. The summed E-state index contributed by atoms with van der Waals surface area (Å²) in [5, 5.41) is 0.401. The summed E-state index contributed by atoms with van der Waals surface area (Å²) in [6, 6.07) is 18.5. The smallest absolute Gasteiger partial charge is 0.271 e. The standard InChI is InChI=1S/C25H18BrClN2O4S/c1-15-14-16(6-11-21(15)26)22(30)29(18-9-7-17(27)8-10-18)25(34)33-13-12-28-23(31)19-4-2-3-5-20(19)24(28)32/h2-11,14H,12-13H2,1H3. The van der Waals surface area contributed by atoms with Crippen molar-refractivity contribution < 1.29 is 19.1 Å². The van der Waals surface area contributed by atoms with Crippen LogP contribution in [0.3, 0.4) is 0 Å². The van der Waals surface area contributed by atoms with E-state index in [0.29, 0.717) is 27.4 Å². The highest BCUT2D eigenvalue weighted by molar-refractivity contribution is 9.10. The molecule has 4 rings (SSSR count). The van der Waals surface area contributed by atoms with Crippen LogP contribution in [0.4, 0.5) is 5.69 Å². The second-order valence-electron chi connectivity index (χ2n) is 7.50. The molecule has 0 bridgehead atoms. The van der Waals surface area contributed by atoms with Gasteiger partial charge in [0.25, 0.3) is 22.9 Å². The summed E-state index contributed by atoms with van der Waals surface area (Å²) in [7, 11) is 0. The molecular formula is C25H18BrClN2O4S. The van der Waals surface area contributed by atoms with E-state index in [1.165, 1.54) is 4.90 Å². The van der Waals surface area contributed by atoms with Gasteiger partial charge in [-0.2, -0.15) is 0 Å². The number of imide groups is 1. The number of hydrogen-bond donors (Lipinski definition) is 0. The fourth-order valence-corrected chi connectivity index (χ4v) is 4.18. The molecule has 9 heteroatoms. The van der Waals surface area contributed by atoms with Crippen molar-refractivity contribution in [2.75, 3.05) is 18.1 Å². The number of hydrogen-bond acceptors (Lipinski definition) is 5. The first-order valence-electron chi connectivity index (χ1n) is 10.3. The number of halogens is 2. The van der Waals surface area contributed by atoms with E-state index in [2.05, 4.69) is 15.9 Å². The van der Waals surface area contributed by atoms with Crippen LogP contribution < -0.4 is 4.90 Å². The summed E-state index contributed by atoms with van der Waals surface area (Å²) < 4.78 is 6.57. The summed E-state index contributed by atoms with van der Waals surface area (Å²) >= 11 is 14.9. The maximum absolute atomic E-state index is 13.4. The lowest BCUT2D eigenvalue weighted by molar-refractivity contribution is 0.0627. The number of aryl methyl sites for hydroxylation is 1. The van der Waals surface area contributed by atoms with E-state index in [-0.39, 0.29) is 36.0 Å². The lowest BCUT2D eigenvalue weighted by Crippen LogP contribution is -2.39. The van der Waals surface area contributed by atoms with Crippen molar-refractivity contribution >= 4 is 68.3 Å². The summed E-state index contributed by atoms with van der Waals surface area (Å²) in [5.41, 5.74) is 2.50. The number of ether oxygens (including phenoxy) is 1. The van der Waals surface area contributed by atoms with Crippen molar-refractivity contribution in [3.05, 3.63) is 98.5 Å². The Morgan fingerprint density at radius 1 is 1.03 bits per heavy atom. The molecule has 3 amide bonds. The molecule has 1 heterocycles. The molecule has 6 nitrogen and oxygen atoms in total. The lowest BCUT2D eigenvalue weighted by atomic mass is 10.1. The van der Waals surface area contributed by atoms with Gasteiger partial charge in [-0.05, 0) is 79.3 Å². The average molecular weight is 558 g/mol. The van der Waals surface area contributed by atoms with Crippen LogP contribution in [0.5, 0.6) is 0 Å².